The standard InChI is InChI=1S/C22H28N2O2/c1-13-4-18(22-9-14-5-15(10-22)7-16(6-14)11-22)2-3-19(13)24-12-17(21(23)26)8-20(24)25/h2-4,14-17H,5-12H2,1H3,(H2,23,26)/t14?,15?,16?,17-,22?/m1/s1. The second-order valence-electron chi connectivity index (χ2n) is 9.51. The molecule has 5 aliphatic rings. The molecule has 26 heavy (non-hydrogen) atoms. The lowest BCUT2D eigenvalue weighted by Crippen LogP contribution is -2.48. The van der Waals surface area contributed by atoms with Crippen LogP contribution in [-0.2, 0) is 15.0 Å². The molecule has 4 saturated carbocycles. The van der Waals surface area contributed by atoms with Crippen molar-refractivity contribution in [3.05, 3.63) is 29.3 Å². The third kappa shape index (κ3) is 2.41. The van der Waals surface area contributed by atoms with Crippen LogP contribution in [0.1, 0.15) is 56.1 Å². The number of aryl methyl sites for hydroxylation is 1. The maximum Gasteiger partial charge on any atom is 0.227 e. The minimum Gasteiger partial charge on any atom is -0.369 e. The van der Waals surface area contributed by atoms with Crippen LogP contribution in [0.3, 0.4) is 0 Å². The molecule has 2 N–H and O–H groups in total. The van der Waals surface area contributed by atoms with Crippen LogP contribution in [-0.4, -0.2) is 18.4 Å². The van der Waals surface area contributed by atoms with Gasteiger partial charge < -0.3 is 10.6 Å². The number of nitrogens with two attached hydrogens (primary N) is 1. The van der Waals surface area contributed by atoms with E-state index in [2.05, 4.69) is 25.1 Å². The van der Waals surface area contributed by atoms with Gasteiger partial charge in [0.15, 0.2) is 0 Å². The first kappa shape index (κ1) is 16.3. The number of anilines is 1. The first-order chi connectivity index (χ1) is 12.4. The van der Waals surface area contributed by atoms with Crippen LogP contribution in [0.5, 0.6) is 0 Å². The van der Waals surface area contributed by atoms with Crippen molar-refractivity contribution in [1.82, 2.24) is 0 Å². The number of hydrogen-bond acceptors (Lipinski definition) is 2. The maximum absolute atomic E-state index is 12.4. The first-order valence-electron chi connectivity index (χ1n) is 10.1. The summed E-state index contributed by atoms with van der Waals surface area (Å²) in [5.41, 5.74) is 9.38. The van der Waals surface area contributed by atoms with Crippen molar-refractivity contribution in [2.24, 2.45) is 29.4 Å². The number of primary amides is 1. The Morgan fingerprint density at radius 1 is 1.12 bits per heavy atom. The number of amides is 2. The molecule has 1 saturated heterocycles. The molecule has 4 aliphatic carbocycles. The van der Waals surface area contributed by atoms with E-state index < -0.39 is 0 Å². The third-order valence-corrected chi connectivity index (χ3v) is 7.67. The van der Waals surface area contributed by atoms with Gasteiger partial charge in [-0.1, -0.05) is 12.1 Å². The summed E-state index contributed by atoms with van der Waals surface area (Å²) in [7, 11) is 0. The van der Waals surface area contributed by atoms with Crippen molar-refractivity contribution in [1.29, 1.82) is 0 Å². The van der Waals surface area contributed by atoms with E-state index in [-0.39, 0.29) is 24.2 Å². The summed E-state index contributed by atoms with van der Waals surface area (Å²) in [5, 5.41) is 0. The highest BCUT2D eigenvalue weighted by Gasteiger charge is 2.51. The van der Waals surface area contributed by atoms with Crippen LogP contribution < -0.4 is 10.6 Å². The van der Waals surface area contributed by atoms with E-state index in [9.17, 15) is 9.59 Å². The molecular weight excluding hydrogens is 324 g/mol. The Labute approximate surface area is 155 Å². The minimum atomic E-state index is -0.372. The Balaban J connectivity index is 1.44. The van der Waals surface area contributed by atoms with Gasteiger partial charge in [-0.15, -0.1) is 0 Å². The molecule has 1 aromatic rings. The third-order valence-electron chi connectivity index (χ3n) is 7.67. The highest BCUT2D eigenvalue weighted by Crippen LogP contribution is 2.60. The van der Waals surface area contributed by atoms with Gasteiger partial charge in [0, 0.05) is 18.7 Å². The maximum atomic E-state index is 12.4. The van der Waals surface area contributed by atoms with Crippen LogP contribution >= 0.6 is 0 Å². The van der Waals surface area contributed by atoms with Crippen molar-refractivity contribution in [3.63, 3.8) is 0 Å². The molecule has 1 heterocycles. The summed E-state index contributed by atoms with van der Waals surface area (Å²) in [6, 6.07) is 6.71. The van der Waals surface area contributed by atoms with Gasteiger partial charge in [0.1, 0.15) is 0 Å². The van der Waals surface area contributed by atoms with E-state index in [1.165, 1.54) is 44.1 Å². The minimum absolute atomic E-state index is 0.0134. The summed E-state index contributed by atoms with van der Waals surface area (Å²) in [6.45, 7) is 2.52. The highest BCUT2D eigenvalue weighted by molar-refractivity contribution is 6.00. The summed E-state index contributed by atoms with van der Waals surface area (Å²) in [5.74, 6) is 2.07. The molecule has 6 rings (SSSR count). The van der Waals surface area contributed by atoms with Gasteiger partial charge in [-0.05, 0) is 85.8 Å². The number of rotatable bonds is 3. The van der Waals surface area contributed by atoms with E-state index in [1.807, 2.05) is 0 Å². The van der Waals surface area contributed by atoms with Crippen LogP contribution in [0.15, 0.2) is 18.2 Å². The van der Waals surface area contributed by atoms with E-state index in [0.29, 0.717) is 12.0 Å². The zero-order valence-corrected chi connectivity index (χ0v) is 15.5. The molecule has 0 spiro atoms. The monoisotopic (exact) mass is 352 g/mol. The zero-order valence-electron chi connectivity index (χ0n) is 15.5. The Hall–Kier alpha value is -1.84. The second kappa shape index (κ2) is 5.58. The van der Waals surface area contributed by atoms with Gasteiger partial charge in [0.25, 0.3) is 0 Å². The van der Waals surface area contributed by atoms with Crippen molar-refractivity contribution in [2.45, 2.75) is 57.3 Å². The quantitative estimate of drug-likeness (QED) is 0.907. The summed E-state index contributed by atoms with van der Waals surface area (Å²) in [6.07, 6.45) is 8.65. The number of benzene rings is 1. The van der Waals surface area contributed by atoms with Crippen LogP contribution in [0.25, 0.3) is 0 Å². The van der Waals surface area contributed by atoms with Gasteiger partial charge in [0.2, 0.25) is 11.8 Å². The lowest BCUT2D eigenvalue weighted by atomic mass is 9.48. The van der Waals surface area contributed by atoms with Crippen molar-refractivity contribution >= 4 is 17.5 Å². The topological polar surface area (TPSA) is 63.4 Å². The first-order valence-corrected chi connectivity index (χ1v) is 10.1. The molecular formula is C22H28N2O2. The Bertz CT molecular complexity index is 749. The van der Waals surface area contributed by atoms with Gasteiger partial charge >= 0.3 is 0 Å². The molecule has 4 nitrogen and oxygen atoms in total. The van der Waals surface area contributed by atoms with Crippen molar-refractivity contribution in [2.75, 3.05) is 11.4 Å². The molecule has 138 valence electrons. The average molecular weight is 352 g/mol. The highest BCUT2D eigenvalue weighted by atomic mass is 16.2. The molecule has 1 aromatic carbocycles. The van der Waals surface area contributed by atoms with E-state index in [1.54, 1.807) is 4.90 Å². The Kier molecular flexibility index (Phi) is 3.51. The predicted octanol–water partition coefficient (Wildman–Crippen LogP) is 3.30. The summed E-state index contributed by atoms with van der Waals surface area (Å²) >= 11 is 0. The van der Waals surface area contributed by atoms with Crippen molar-refractivity contribution < 1.29 is 9.59 Å². The zero-order chi connectivity index (χ0) is 18.1. The fourth-order valence-corrected chi connectivity index (χ4v) is 6.88. The molecule has 4 heteroatoms. The van der Waals surface area contributed by atoms with Gasteiger partial charge in [-0.3, -0.25) is 9.59 Å². The molecule has 1 atom stereocenters. The lowest BCUT2D eigenvalue weighted by Gasteiger charge is -2.57. The second-order valence-corrected chi connectivity index (χ2v) is 9.51. The molecule has 0 radical (unpaired) electrons. The number of hydrogen-bond donors (Lipinski definition) is 1. The summed E-state index contributed by atoms with van der Waals surface area (Å²) in [4.78, 5) is 25.6. The van der Waals surface area contributed by atoms with Crippen molar-refractivity contribution in [3.8, 4) is 0 Å². The fraction of sp³-hybridized carbons (Fsp3) is 0.636. The number of carbonyl (C=O) groups excluding carboxylic acids is 2. The Morgan fingerprint density at radius 3 is 2.23 bits per heavy atom. The summed E-state index contributed by atoms with van der Waals surface area (Å²) < 4.78 is 0. The van der Waals surface area contributed by atoms with Crippen LogP contribution in [0, 0.1) is 30.6 Å². The largest absolute Gasteiger partial charge is 0.369 e. The molecule has 1 aliphatic heterocycles. The number of carbonyl (C=O) groups is 2. The average Bonchev–Trinajstić information content (AvgIpc) is 2.95. The molecule has 4 bridgehead atoms. The van der Waals surface area contributed by atoms with Crippen LogP contribution in [0.4, 0.5) is 5.69 Å². The molecule has 0 unspecified atom stereocenters. The fourth-order valence-electron chi connectivity index (χ4n) is 6.88. The van der Waals surface area contributed by atoms with Gasteiger partial charge in [-0.25, -0.2) is 0 Å². The SMILES string of the molecule is Cc1cc(C23CC4CC(CC(C4)C2)C3)ccc1N1C[C@H](C(N)=O)CC1=O. The van der Waals surface area contributed by atoms with Gasteiger partial charge in [0.05, 0.1) is 5.92 Å². The van der Waals surface area contributed by atoms with Crippen LogP contribution in [0.2, 0.25) is 0 Å². The smallest absolute Gasteiger partial charge is 0.227 e. The van der Waals surface area contributed by atoms with E-state index in [0.717, 1.165) is 29.0 Å². The normalized spacial score (nSPS) is 38.2. The Morgan fingerprint density at radius 2 is 1.73 bits per heavy atom. The lowest BCUT2D eigenvalue weighted by molar-refractivity contribution is -0.123. The molecule has 0 aromatic heterocycles. The molecule has 2 amide bonds. The van der Waals surface area contributed by atoms with Gasteiger partial charge in [-0.2, -0.15) is 0 Å². The van der Waals surface area contributed by atoms with E-state index in [4.69, 9.17) is 5.73 Å². The van der Waals surface area contributed by atoms with E-state index >= 15 is 0 Å². The predicted molar refractivity (Wildman–Crippen MR) is 101 cm³/mol. The number of nitrogens with zero attached hydrogens (tertiary/aromatic N) is 1. The molecule has 5 fully saturated rings.